The van der Waals surface area contributed by atoms with Crippen LogP contribution >= 0.6 is 0 Å². The van der Waals surface area contributed by atoms with Crippen LogP contribution in [0.3, 0.4) is 0 Å². The highest BCUT2D eigenvalue weighted by Crippen LogP contribution is 2.38. The molecule has 1 fully saturated rings. The fraction of sp³-hybridized carbons (Fsp3) is 0.500. The van der Waals surface area contributed by atoms with Crippen molar-refractivity contribution in [3.8, 4) is 0 Å². The molecule has 1 aliphatic carbocycles. The van der Waals surface area contributed by atoms with Crippen LogP contribution in [0.5, 0.6) is 0 Å². The second-order valence-electron chi connectivity index (χ2n) is 5.80. The van der Waals surface area contributed by atoms with Crippen molar-refractivity contribution in [3.05, 3.63) is 16.9 Å². The Labute approximate surface area is 143 Å². The van der Waals surface area contributed by atoms with Gasteiger partial charge < -0.3 is 19.6 Å². The molecule has 1 aromatic rings. The van der Waals surface area contributed by atoms with Crippen LogP contribution in [0.25, 0.3) is 0 Å². The highest BCUT2D eigenvalue weighted by Gasteiger charge is 2.40. The van der Waals surface area contributed by atoms with Gasteiger partial charge in [0, 0.05) is 0 Å². The Morgan fingerprint density at radius 1 is 1.24 bits per heavy atom. The second kappa shape index (κ2) is 7.37. The second-order valence-corrected chi connectivity index (χ2v) is 5.80. The minimum absolute atomic E-state index is 0.0753. The summed E-state index contributed by atoms with van der Waals surface area (Å²) in [5, 5.41) is 2.28. The molecule has 2 amide bonds. The van der Waals surface area contributed by atoms with Crippen LogP contribution < -0.4 is 11.1 Å². The fourth-order valence-electron chi connectivity index (χ4n) is 2.37. The van der Waals surface area contributed by atoms with E-state index in [-0.39, 0.29) is 41.2 Å². The number of carbonyl (C=O) groups excluding carboxylic acids is 4. The first-order valence-electron chi connectivity index (χ1n) is 7.83. The molecule has 1 aromatic heterocycles. The number of amides is 2. The van der Waals surface area contributed by atoms with E-state index in [1.54, 1.807) is 6.92 Å². The van der Waals surface area contributed by atoms with Gasteiger partial charge in [-0.1, -0.05) is 6.92 Å². The standard InChI is InChI=1S/C16H20N2O7/c1-4-23-16(22)11-8(3)25-14(12(11)13(17)20)18-10(19)6-24-15(21)9-5-7(9)2/h7,9H,4-6H2,1-3H3,(H2,17,20)(H,18,19)/t7-,9+/m1/s1. The molecule has 0 spiro atoms. The summed E-state index contributed by atoms with van der Waals surface area (Å²) in [7, 11) is 0. The van der Waals surface area contributed by atoms with Gasteiger partial charge in [0.05, 0.1) is 12.5 Å². The summed E-state index contributed by atoms with van der Waals surface area (Å²) in [5.74, 6) is -3.02. The zero-order valence-electron chi connectivity index (χ0n) is 14.2. The van der Waals surface area contributed by atoms with E-state index in [1.807, 2.05) is 6.92 Å². The topological polar surface area (TPSA) is 138 Å². The van der Waals surface area contributed by atoms with E-state index in [2.05, 4.69) is 5.32 Å². The van der Waals surface area contributed by atoms with Crippen LogP contribution in [0.2, 0.25) is 0 Å². The predicted octanol–water partition coefficient (Wildman–Crippen LogP) is 1.00. The first-order valence-corrected chi connectivity index (χ1v) is 7.83. The van der Waals surface area contributed by atoms with E-state index in [4.69, 9.17) is 19.6 Å². The van der Waals surface area contributed by atoms with Crippen LogP contribution in [0, 0.1) is 18.8 Å². The molecule has 1 heterocycles. The lowest BCUT2D eigenvalue weighted by Crippen LogP contribution is -2.24. The summed E-state index contributed by atoms with van der Waals surface area (Å²) < 4.78 is 15.0. The molecule has 0 saturated heterocycles. The van der Waals surface area contributed by atoms with Crippen molar-refractivity contribution >= 4 is 29.6 Å². The first-order chi connectivity index (χ1) is 11.8. The summed E-state index contributed by atoms with van der Waals surface area (Å²) >= 11 is 0. The summed E-state index contributed by atoms with van der Waals surface area (Å²) in [6.45, 7) is 4.51. The maximum Gasteiger partial charge on any atom is 0.342 e. The van der Waals surface area contributed by atoms with Crippen molar-refractivity contribution in [2.24, 2.45) is 17.6 Å². The third kappa shape index (κ3) is 4.17. The Hall–Kier alpha value is -2.84. The van der Waals surface area contributed by atoms with Crippen LogP contribution in [-0.4, -0.2) is 37.0 Å². The third-order valence-electron chi connectivity index (χ3n) is 3.82. The SMILES string of the molecule is CCOC(=O)c1c(C)oc(NC(=O)COC(=O)[C@H]2C[C@H]2C)c1C(N)=O. The van der Waals surface area contributed by atoms with Gasteiger partial charge in [-0.15, -0.1) is 0 Å². The smallest absolute Gasteiger partial charge is 0.342 e. The normalized spacial score (nSPS) is 18.4. The van der Waals surface area contributed by atoms with E-state index in [0.29, 0.717) is 0 Å². The zero-order valence-corrected chi connectivity index (χ0v) is 14.2. The minimum Gasteiger partial charge on any atom is -0.462 e. The molecule has 0 radical (unpaired) electrons. The van der Waals surface area contributed by atoms with E-state index in [9.17, 15) is 19.2 Å². The van der Waals surface area contributed by atoms with Crippen molar-refractivity contribution < 1.29 is 33.1 Å². The van der Waals surface area contributed by atoms with Gasteiger partial charge in [-0.05, 0) is 26.2 Å². The largest absolute Gasteiger partial charge is 0.462 e. The highest BCUT2D eigenvalue weighted by molar-refractivity contribution is 6.10. The number of hydrogen-bond acceptors (Lipinski definition) is 7. The molecule has 136 valence electrons. The lowest BCUT2D eigenvalue weighted by atomic mass is 10.1. The number of rotatable bonds is 7. The number of furan rings is 1. The molecule has 2 rings (SSSR count). The van der Waals surface area contributed by atoms with E-state index >= 15 is 0 Å². The van der Waals surface area contributed by atoms with Crippen LogP contribution in [0.4, 0.5) is 5.88 Å². The number of hydrogen-bond donors (Lipinski definition) is 2. The lowest BCUT2D eigenvalue weighted by molar-refractivity contribution is -0.148. The fourth-order valence-corrected chi connectivity index (χ4v) is 2.37. The van der Waals surface area contributed by atoms with Crippen LogP contribution in [0.15, 0.2) is 4.42 Å². The lowest BCUT2D eigenvalue weighted by Gasteiger charge is -2.06. The number of nitrogens with two attached hydrogens (primary N) is 1. The number of carbonyl (C=O) groups is 4. The maximum atomic E-state index is 11.9. The molecule has 9 nitrogen and oxygen atoms in total. The van der Waals surface area contributed by atoms with Crippen molar-refractivity contribution in [1.29, 1.82) is 0 Å². The number of primary amides is 1. The molecule has 0 bridgehead atoms. The Balaban J connectivity index is 2.09. The van der Waals surface area contributed by atoms with Crippen LogP contribution in [0.1, 0.15) is 46.7 Å². The molecule has 9 heteroatoms. The van der Waals surface area contributed by atoms with Crippen molar-refractivity contribution in [3.63, 3.8) is 0 Å². The average Bonchev–Trinajstić information content (AvgIpc) is 3.16. The monoisotopic (exact) mass is 352 g/mol. The van der Waals surface area contributed by atoms with Gasteiger partial charge in [-0.3, -0.25) is 19.7 Å². The van der Waals surface area contributed by atoms with E-state index < -0.39 is 30.4 Å². The Morgan fingerprint density at radius 3 is 2.40 bits per heavy atom. The van der Waals surface area contributed by atoms with Gasteiger partial charge >= 0.3 is 11.9 Å². The summed E-state index contributed by atoms with van der Waals surface area (Å²) in [6, 6.07) is 0. The van der Waals surface area contributed by atoms with Gasteiger partial charge in [0.1, 0.15) is 16.9 Å². The first kappa shape index (κ1) is 18.5. The zero-order chi connectivity index (χ0) is 18.7. The highest BCUT2D eigenvalue weighted by atomic mass is 16.5. The van der Waals surface area contributed by atoms with Crippen molar-refractivity contribution in [2.45, 2.75) is 27.2 Å². The van der Waals surface area contributed by atoms with Gasteiger partial charge in [0.15, 0.2) is 6.61 Å². The number of nitrogens with one attached hydrogen (secondary N) is 1. The molecule has 0 aromatic carbocycles. The molecular formula is C16H20N2O7. The van der Waals surface area contributed by atoms with E-state index in [0.717, 1.165) is 6.42 Å². The Kier molecular flexibility index (Phi) is 5.45. The molecular weight excluding hydrogens is 332 g/mol. The molecule has 1 saturated carbocycles. The summed E-state index contributed by atoms with van der Waals surface area (Å²) in [5.41, 5.74) is 4.85. The number of esters is 2. The average molecular weight is 352 g/mol. The number of ether oxygens (including phenoxy) is 2. The Bertz CT molecular complexity index is 722. The Morgan fingerprint density at radius 2 is 1.88 bits per heavy atom. The molecule has 3 N–H and O–H groups in total. The summed E-state index contributed by atoms with van der Waals surface area (Å²) in [4.78, 5) is 47.1. The van der Waals surface area contributed by atoms with Crippen molar-refractivity contribution in [1.82, 2.24) is 0 Å². The minimum atomic E-state index is -0.959. The molecule has 0 aliphatic heterocycles. The van der Waals surface area contributed by atoms with Gasteiger partial charge in [0.25, 0.3) is 11.8 Å². The maximum absolute atomic E-state index is 11.9. The predicted molar refractivity (Wildman–Crippen MR) is 84.8 cm³/mol. The van der Waals surface area contributed by atoms with Gasteiger partial charge in [-0.2, -0.15) is 0 Å². The molecule has 2 atom stereocenters. The quantitative estimate of drug-likeness (QED) is 0.698. The summed E-state index contributed by atoms with van der Waals surface area (Å²) in [6.07, 6.45) is 0.743. The van der Waals surface area contributed by atoms with Crippen molar-refractivity contribution in [2.75, 3.05) is 18.5 Å². The molecule has 0 unspecified atom stereocenters. The number of aryl methyl sites for hydroxylation is 1. The van der Waals surface area contributed by atoms with Crippen LogP contribution in [-0.2, 0) is 19.1 Å². The van der Waals surface area contributed by atoms with E-state index in [1.165, 1.54) is 6.92 Å². The molecule has 1 aliphatic rings. The van der Waals surface area contributed by atoms with Gasteiger partial charge in [-0.25, -0.2) is 4.79 Å². The van der Waals surface area contributed by atoms with Gasteiger partial charge in [0.2, 0.25) is 5.88 Å². The molecule has 25 heavy (non-hydrogen) atoms. The third-order valence-corrected chi connectivity index (χ3v) is 3.82. The number of anilines is 1.